The van der Waals surface area contributed by atoms with E-state index in [-0.39, 0.29) is 5.91 Å². The first-order valence-electron chi connectivity index (χ1n) is 9.06. The van der Waals surface area contributed by atoms with Gasteiger partial charge in [-0.2, -0.15) is 0 Å². The molecule has 3 aromatic carbocycles. The van der Waals surface area contributed by atoms with Crippen LogP contribution < -0.4 is 10.1 Å². The standard InChI is InChI=1S/C22H21NO3S/c24-22-11-8-17-14-19(9-10-21(17)23-22)26-12-13-27(25)15-18-6-3-5-16-4-1-2-7-20(16)18/h1-7,9-10,14H,8,11-13,15H2,(H,23,24)/t27-/m0/s1. The maximum atomic E-state index is 12.5. The van der Waals surface area contributed by atoms with Gasteiger partial charge < -0.3 is 10.1 Å². The van der Waals surface area contributed by atoms with E-state index in [9.17, 15) is 9.00 Å². The Morgan fingerprint density at radius 2 is 1.85 bits per heavy atom. The van der Waals surface area contributed by atoms with E-state index in [1.807, 2.05) is 42.5 Å². The molecule has 0 unspecified atom stereocenters. The number of nitrogens with one attached hydrogen (secondary N) is 1. The predicted molar refractivity (Wildman–Crippen MR) is 110 cm³/mol. The van der Waals surface area contributed by atoms with Gasteiger partial charge in [-0.15, -0.1) is 0 Å². The molecule has 4 nitrogen and oxygen atoms in total. The average molecular weight is 379 g/mol. The number of amides is 1. The van der Waals surface area contributed by atoms with Crippen LogP contribution in [0.25, 0.3) is 10.8 Å². The topological polar surface area (TPSA) is 55.4 Å². The number of ether oxygens (including phenoxy) is 1. The van der Waals surface area contributed by atoms with Crippen molar-refractivity contribution in [1.29, 1.82) is 0 Å². The fraction of sp³-hybridized carbons (Fsp3) is 0.227. The van der Waals surface area contributed by atoms with Crippen LogP contribution in [0.3, 0.4) is 0 Å². The highest BCUT2D eigenvalue weighted by Gasteiger charge is 2.15. The van der Waals surface area contributed by atoms with Crippen molar-refractivity contribution in [3.05, 3.63) is 71.8 Å². The molecule has 0 saturated carbocycles. The first-order valence-corrected chi connectivity index (χ1v) is 10.5. The van der Waals surface area contributed by atoms with Gasteiger partial charge >= 0.3 is 0 Å². The van der Waals surface area contributed by atoms with Crippen LogP contribution in [0, 0.1) is 0 Å². The Morgan fingerprint density at radius 3 is 2.78 bits per heavy atom. The second-order valence-electron chi connectivity index (χ2n) is 6.64. The van der Waals surface area contributed by atoms with Gasteiger partial charge in [0.15, 0.2) is 0 Å². The summed E-state index contributed by atoms with van der Waals surface area (Å²) >= 11 is 0. The van der Waals surface area contributed by atoms with Gasteiger partial charge in [0.25, 0.3) is 0 Å². The summed E-state index contributed by atoms with van der Waals surface area (Å²) in [6.07, 6.45) is 1.23. The highest BCUT2D eigenvalue weighted by Crippen LogP contribution is 2.27. The van der Waals surface area contributed by atoms with Crippen LogP contribution in [0.4, 0.5) is 5.69 Å². The number of hydrogen-bond donors (Lipinski definition) is 1. The molecule has 1 atom stereocenters. The molecular formula is C22H21NO3S. The maximum absolute atomic E-state index is 12.5. The molecule has 0 bridgehead atoms. The van der Waals surface area contributed by atoms with Crippen molar-refractivity contribution >= 4 is 33.2 Å². The van der Waals surface area contributed by atoms with Gasteiger partial charge in [0.1, 0.15) is 5.75 Å². The molecule has 138 valence electrons. The maximum Gasteiger partial charge on any atom is 0.224 e. The van der Waals surface area contributed by atoms with Crippen molar-refractivity contribution in [2.24, 2.45) is 0 Å². The smallest absolute Gasteiger partial charge is 0.224 e. The quantitative estimate of drug-likeness (QED) is 0.703. The lowest BCUT2D eigenvalue weighted by molar-refractivity contribution is -0.116. The minimum Gasteiger partial charge on any atom is -0.493 e. The van der Waals surface area contributed by atoms with Crippen molar-refractivity contribution in [1.82, 2.24) is 0 Å². The summed E-state index contributed by atoms with van der Waals surface area (Å²) in [5, 5.41) is 5.19. The van der Waals surface area contributed by atoms with Gasteiger partial charge in [-0.3, -0.25) is 9.00 Å². The van der Waals surface area contributed by atoms with E-state index >= 15 is 0 Å². The van der Waals surface area contributed by atoms with Crippen LogP contribution in [-0.4, -0.2) is 22.5 Å². The van der Waals surface area contributed by atoms with Gasteiger partial charge in [-0.25, -0.2) is 0 Å². The number of carbonyl (C=O) groups excluding carboxylic acids is 1. The molecule has 0 spiro atoms. The Hall–Kier alpha value is -2.66. The number of rotatable bonds is 6. The van der Waals surface area contributed by atoms with Crippen molar-refractivity contribution in [3.63, 3.8) is 0 Å². The number of fused-ring (bicyclic) bond motifs is 2. The Bertz CT molecular complexity index is 1010. The van der Waals surface area contributed by atoms with Crippen LogP contribution in [0.15, 0.2) is 60.7 Å². The van der Waals surface area contributed by atoms with Crippen molar-refractivity contribution in [3.8, 4) is 5.75 Å². The molecule has 1 aliphatic heterocycles. The van der Waals surface area contributed by atoms with E-state index in [0.717, 1.165) is 34.4 Å². The predicted octanol–water partition coefficient (Wildman–Crippen LogP) is 4.05. The Kier molecular flexibility index (Phi) is 5.21. The zero-order chi connectivity index (χ0) is 18.6. The SMILES string of the molecule is O=C1CCc2cc(OCC[S@](=O)Cc3cccc4ccccc34)ccc2N1. The molecule has 1 aliphatic rings. The lowest BCUT2D eigenvalue weighted by Crippen LogP contribution is -2.19. The van der Waals surface area contributed by atoms with Crippen LogP contribution >= 0.6 is 0 Å². The summed E-state index contributed by atoms with van der Waals surface area (Å²) in [5.74, 6) is 1.82. The Morgan fingerprint density at radius 1 is 1.00 bits per heavy atom. The van der Waals surface area contributed by atoms with E-state index in [4.69, 9.17) is 4.74 Å². The molecule has 1 N–H and O–H groups in total. The van der Waals surface area contributed by atoms with Gasteiger partial charge in [0.05, 0.1) is 12.4 Å². The Balaban J connectivity index is 1.34. The van der Waals surface area contributed by atoms with Gasteiger partial charge in [-0.1, -0.05) is 42.5 Å². The molecule has 1 heterocycles. The molecule has 0 aromatic heterocycles. The van der Waals surface area contributed by atoms with Crippen molar-refractivity contribution in [2.45, 2.75) is 18.6 Å². The van der Waals surface area contributed by atoms with E-state index < -0.39 is 10.8 Å². The van der Waals surface area contributed by atoms with Gasteiger partial charge in [-0.05, 0) is 46.5 Å². The highest BCUT2D eigenvalue weighted by atomic mass is 32.2. The van der Waals surface area contributed by atoms with Crippen LogP contribution in [0.2, 0.25) is 0 Å². The highest BCUT2D eigenvalue weighted by molar-refractivity contribution is 7.84. The Labute approximate surface area is 161 Å². The number of benzene rings is 3. The monoisotopic (exact) mass is 379 g/mol. The first-order chi connectivity index (χ1) is 13.2. The molecule has 0 saturated heterocycles. The van der Waals surface area contributed by atoms with Gasteiger partial charge in [0.2, 0.25) is 5.91 Å². The summed E-state index contributed by atoms with van der Waals surface area (Å²) in [4.78, 5) is 11.4. The third-order valence-corrected chi connectivity index (χ3v) is 6.00. The number of carbonyl (C=O) groups is 1. The lowest BCUT2D eigenvalue weighted by atomic mass is 10.0. The fourth-order valence-electron chi connectivity index (χ4n) is 3.37. The molecule has 5 heteroatoms. The van der Waals surface area contributed by atoms with Gasteiger partial charge in [0, 0.05) is 28.7 Å². The van der Waals surface area contributed by atoms with Crippen molar-refractivity contribution in [2.75, 3.05) is 17.7 Å². The zero-order valence-corrected chi connectivity index (χ0v) is 15.8. The first kappa shape index (κ1) is 17.7. The third-order valence-electron chi connectivity index (χ3n) is 4.75. The van der Waals surface area contributed by atoms with Crippen LogP contribution in [0.5, 0.6) is 5.75 Å². The number of aryl methyl sites for hydroxylation is 1. The molecule has 27 heavy (non-hydrogen) atoms. The summed E-state index contributed by atoms with van der Waals surface area (Å²) in [5.41, 5.74) is 3.05. The second kappa shape index (κ2) is 7.92. The van der Waals surface area contributed by atoms with E-state index in [2.05, 4.69) is 23.5 Å². The molecule has 4 rings (SSSR count). The molecule has 3 aromatic rings. The van der Waals surface area contributed by atoms with Crippen molar-refractivity contribution < 1.29 is 13.7 Å². The van der Waals surface area contributed by atoms with Crippen LogP contribution in [0.1, 0.15) is 17.5 Å². The van der Waals surface area contributed by atoms with E-state index in [1.54, 1.807) is 0 Å². The van der Waals surface area contributed by atoms with E-state index in [1.165, 1.54) is 5.39 Å². The largest absolute Gasteiger partial charge is 0.493 e. The summed E-state index contributed by atoms with van der Waals surface area (Å²) in [6.45, 7) is 0.405. The molecule has 0 aliphatic carbocycles. The lowest BCUT2D eigenvalue weighted by Gasteiger charge is -2.17. The number of anilines is 1. The average Bonchev–Trinajstić information content (AvgIpc) is 2.68. The summed E-state index contributed by atoms with van der Waals surface area (Å²) in [6, 6.07) is 20.0. The summed E-state index contributed by atoms with van der Waals surface area (Å²) in [7, 11) is -0.989. The molecule has 0 radical (unpaired) electrons. The summed E-state index contributed by atoms with van der Waals surface area (Å²) < 4.78 is 18.3. The zero-order valence-electron chi connectivity index (χ0n) is 14.9. The van der Waals surface area contributed by atoms with E-state index in [0.29, 0.717) is 24.5 Å². The third kappa shape index (κ3) is 4.19. The fourth-order valence-corrected chi connectivity index (χ4v) is 4.38. The molecular weight excluding hydrogens is 358 g/mol. The normalized spacial score (nSPS) is 14.4. The minimum absolute atomic E-state index is 0.0556. The molecule has 1 amide bonds. The second-order valence-corrected chi connectivity index (χ2v) is 8.22. The minimum atomic E-state index is -0.989. The van der Waals surface area contributed by atoms with Crippen LogP contribution in [-0.2, 0) is 27.8 Å². The molecule has 0 fully saturated rings. The number of hydrogen-bond acceptors (Lipinski definition) is 3.